The first kappa shape index (κ1) is 10.4. The van der Waals surface area contributed by atoms with Gasteiger partial charge in [0.05, 0.1) is 0 Å². The van der Waals surface area contributed by atoms with Gasteiger partial charge in [-0.25, -0.2) is 0 Å². The van der Waals surface area contributed by atoms with Gasteiger partial charge in [0.1, 0.15) is 0 Å². The maximum absolute atomic E-state index is 5.73. The SMILES string of the molecule is CC(CN)N1CCC2CCCCC2C1. The van der Waals surface area contributed by atoms with Crippen molar-refractivity contribution in [2.45, 2.75) is 45.1 Å². The van der Waals surface area contributed by atoms with E-state index in [0.717, 1.165) is 18.4 Å². The highest BCUT2D eigenvalue weighted by Gasteiger charge is 2.32. The predicted octanol–water partition coefficient (Wildman–Crippen LogP) is 1.85. The maximum Gasteiger partial charge on any atom is 0.0190 e. The van der Waals surface area contributed by atoms with Crippen molar-refractivity contribution in [1.82, 2.24) is 4.90 Å². The summed E-state index contributed by atoms with van der Waals surface area (Å²) in [5.74, 6) is 2.04. The highest BCUT2D eigenvalue weighted by atomic mass is 15.2. The molecule has 0 aromatic rings. The van der Waals surface area contributed by atoms with Crippen LogP contribution in [0, 0.1) is 11.8 Å². The molecule has 0 aromatic heterocycles. The molecule has 14 heavy (non-hydrogen) atoms. The van der Waals surface area contributed by atoms with Gasteiger partial charge in [-0.3, -0.25) is 4.90 Å². The fourth-order valence-electron chi connectivity index (χ4n) is 3.18. The van der Waals surface area contributed by atoms with Gasteiger partial charge in [-0.15, -0.1) is 0 Å². The number of nitrogens with zero attached hydrogens (tertiary/aromatic N) is 1. The Labute approximate surface area is 87.8 Å². The van der Waals surface area contributed by atoms with Crippen molar-refractivity contribution in [3.8, 4) is 0 Å². The minimum Gasteiger partial charge on any atom is -0.329 e. The number of nitrogens with two attached hydrogens (primary N) is 1. The molecule has 2 fully saturated rings. The summed E-state index contributed by atoms with van der Waals surface area (Å²) < 4.78 is 0. The van der Waals surface area contributed by atoms with E-state index in [-0.39, 0.29) is 0 Å². The second kappa shape index (κ2) is 4.63. The first-order valence-electron chi connectivity index (χ1n) is 6.25. The highest BCUT2D eigenvalue weighted by molar-refractivity contribution is 4.85. The molecule has 2 rings (SSSR count). The molecule has 2 heteroatoms. The molecule has 1 saturated carbocycles. The van der Waals surface area contributed by atoms with Crippen molar-refractivity contribution in [3.63, 3.8) is 0 Å². The Hall–Kier alpha value is -0.0800. The van der Waals surface area contributed by atoms with Crippen LogP contribution in [0.5, 0.6) is 0 Å². The zero-order valence-corrected chi connectivity index (χ0v) is 9.41. The molecule has 0 aromatic carbocycles. The third-order valence-electron chi connectivity index (χ3n) is 4.29. The van der Waals surface area contributed by atoms with Crippen LogP contribution in [0.15, 0.2) is 0 Å². The van der Waals surface area contributed by atoms with Crippen LogP contribution in [-0.2, 0) is 0 Å². The van der Waals surface area contributed by atoms with E-state index >= 15 is 0 Å². The number of fused-ring (bicyclic) bond motifs is 1. The molecule has 1 aliphatic heterocycles. The van der Waals surface area contributed by atoms with Gasteiger partial charge in [0.25, 0.3) is 0 Å². The van der Waals surface area contributed by atoms with Crippen molar-refractivity contribution in [1.29, 1.82) is 0 Å². The Morgan fingerprint density at radius 1 is 1.21 bits per heavy atom. The molecule has 82 valence electrons. The molecule has 0 spiro atoms. The Bertz CT molecular complexity index is 181. The average molecular weight is 196 g/mol. The maximum atomic E-state index is 5.73. The molecule has 1 saturated heterocycles. The molecule has 0 radical (unpaired) electrons. The normalized spacial score (nSPS) is 36.4. The summed E-state index contributed by atoms with van der Waals surface area (Å²) in [6, 6.07) is 0.595. The lowest BCUT2D eigenvalue weighted by Gasteiger charge is -2.43. The number of piperidine rings is 1. The zero-order chi connectivity index (χ0) is 9.97. The molecule has 0 bridgehead atoms. The van der Waals surface area contributed by atoms with Crippen LogP contribution >= 0.6 is 0 Å². The fraction of sp³-hybridized carbons (Fsp3) is 1.00. The lowest BCUT2D eigenvalue weighted by Crippen LogP contribution is -2.48. The Morgan fingerprint density at radius 2 is 1.93 bits per heavy atom. The van der Waals surface area contributed by atoms with Gasteiger partial charge in [-0.05, 0) is 38.1 Å². The Balaban J connectivity index is 1.89. The lowest BCUT2D eigenvalue weighted by molar-refractivity contribution is 0.0642. The zero-order valence-electron chi connectivity index (χ0n) is 9.41. The van der Waals surface area contributed by atoms with Crippen molar-refractivity contribution < 1.29 is 0 Å². The number of rotatable bonds is 2. The largest absolute Gasteiger partial charge is 0.329 e. The van der Waals surface area contributed by atoms with E-state index in [2.05, 4.69) is 11.8 Å². The molecular formula is C12H24N2. The summed E-state index contributed by atoms with van der Waals surface area (Å²) >= 11 is 0. The van der Waals surface area contributed by atoms with Crippen LogP contribution in [0.1, 0.15) is 39.0 Å². The summed E-state index contributed by atoms with van der Waals surface area (Å²) in [5, 5.41) is 0. The summed E-state index contributed by atoms with van der Waals surface area (Å²) in [7, 11) is 0. The Morgan fingerprint density at radius 3 is 2.64 bits per heavy atom. The van der Waals surface area contributed by atoms with E-state index in [0.29, 0.717) is 6.04 Å². The summed E-state index contributed by atoms with van der Waals surface area (Å²) in [6.45, 7) is 5.70. The topological polar surface area (TPSA) is 29.3 Å². The average Bonchev–Trinajstić information content (AvgIpc) is 2.27. The van der Waals surface area contributed by atoms with Crippen molar-refractivity contribution in [3.05, 3.63) is 0 Å². The molecule has 3 atom stereocenters. The van der Waals surface area contributed by atoms with Gasteiger partial charge >= 0.3 is 0 Å². The fourth-order valence-corrected chi connectivity index (χ4v) is 3.18. The standard InChI is InChI=1S/C12H24N2/c1-10(8-13)14-7-6-11-4-2-3-5-12(11)9-14/h10-12H,2-9,13H2,1H3. The van der Waals surface area contributed by atoms with Crippen LogP contribution in [0.4, 0.5) is 0 Å². The van der Waals surface area contributed by atoms with E-state index in [1.807, 2.05) is 0 Å². The van der Waals surface area contributed by atoms with Gasteiger partial charge < -0.3 is 5.73 Å². The van der Waals surface area contributed by atoms with Crippen molar-refractivity contribution in [2.75, 3.05) is 19.6 Å². The summed E-state index contributed by atoms with van der Waals surface area (Å²) in [5.41, 5.74) is 5.73. The molecule has 1 heterocycles. The number of likely N-dealkylation sites (tertiary alicyclic amines) is 1. The van der Waals surface area contributed by atoms with Gasteiger partial charge in [0, 0.05) is 19.1 Å². The van der Waals surface area contributed by atoms with Gasteiger partial charge in [-0.2, -0.15) is 0 Å². The molecular weight excluding hydrogens is 172 g/mol. The smallest absolute Gasteiger partial charge is 0.0190 e. The Kier molecular flexibility index (Phi) is 3.45. The van der Waals surface area contributed by atoms with Crippen LogP contribution < -0.4 is 5.73 Å². The minimum atomic E-state index is 0.595. The van der Waals surface area contributed by atoms with E-state index < -0.39 is 0 Å². The summed E-state index contributed by atoms with van der Waals surface area (Å²) in [6.07, 6.45) is 7.34. The van der Waals surface area contributed by atoms with Crippen LogP contribution in [0.2, 0.25) is 0 Å². The third-order valence-corrected chi connectivity index (χ3v) is 4.29. The second-order valence-corrected chi connectivity index (χ2v) is 5.17. The van der Waals surface area contributed by atoms with Gasteiger partial charge in [0.15, 0.2) is 0 Å². The first-order valence-corrected chi connectivity index (χ1v) is 6.25. The van der Waals surface area contributed by atoms with Crippen molar-refractivity contribution in [2.24, 2.45) is 17.6 Å². The molecule has 2 N–H and O–H groups in total. The van der Waals surface area contributed by atoms with E-state index in [4.69, 9.17) is 5.73 Å². The molecule has 2 aliphatic rings. The predicted molar refractivity (Wildman–Crippen MR) is 60.2 cm³/mol. The highest BCUT2D eigenvalue weighted by Crippen LogP contribution is 2.36. The van der Waals surface area contributed by atoms with Crippen molar-refractivity contribution >= 4 is 0 Å². The van der Waals surface area contributed by atoms with E-state index in [9.17, 15) is 0 Å². The quantitative estimate of drug-likeness (QED) is 0.730. The second-order valence-electron chi connectivity index (χ2n) is 5.17. The monoisotopic (exact) mass is 196 g/mol. The lowest BCUT2D eigenvalue weighted by atomic mass is 9.75. The van der Waals surface area contributed by atoms with Crippen LogP contribution in [-0.4, -0.2) is 30.6 Å². The van der Waals surface area contributed by atoms with Gasteiger partial charge in [0.2, 0.25) is 0 Å². The third kappa shape index (κ3) is 2.12. The number of hydrogen-bond acceptors (Lipinski definition) is 2. The summed E-state index contributed by atoms with van der Waals surface area (Å²) in [4.78, 5) is 2.60. The molecule has 3 unspecified atom stereocenters. The molecule has 0 amide bonds. The molecule has 2 nitrogen and oxygen atoms in total. The van der Waals surface area contributed by atoms with Gasteiger partial charge in [-0.1, -0.05) is 19.3 Å². The van der Waals surface area contributed by atoms with Crippen LogP contribution in [0.25, 0.3) is 0 Å². The van der Waals surface area contributed by atoms with E-state index in [1.54, 1.807) is 0 Å². The number of hydrogen-bond donors (Lipinski definition) is 1. The first-order chi connectivity index (χ1) is 6.81. The minimum absolute atomic E-state index is 0.595. The van der Waals surface area contributed by atoms with E-state index in [1.165, 1.54) is 45.2 Å². The molecule has 1 aliphatic carbocycles. The van der Waals surface area contributed by atoms with Crippen LogP contribution in [0.3, 0.4) is 0 Å².